The van der Waals surface area contributed by atoms with E-state index in [-0.39, 0.29) is 18.0 Å². The van der Waals surface area contributed by atoms with Crippen molar-refractivity contribution in [2.75, 3.05) is 19.7 Å². The number of amides is 2. The minimum absolute atomic E-state index is 0.0391. The van der Waals surface area contributed by atoms with Gasteiger partial charge in [-0.3, -0.25) is 4.79 Å². The first kappa shape index (κ1) is 19.2. The maximum atomic E-state index is 12.9. The first-order chi connectivity index (χ1) is 13.0. The van der Waals surface area contributed by atoms with Crippen molar-refractivity contribution in [1.82, 2.24) is 19.6 Å². The van der Waals surface area contributed by atoms with Crippen molar-refractivity contribution in [2.24, 2.45) is 5.92 Å². The second kappa shape index (κ2) is 8.41. The molecule has 3 rings (SSSR count). The maximum Gasteiger partial charge on any atom is 0.409 e. The standard InChI is InChI=1S/C20H28N4O3/c1-4-27-20(26)23-11-8-15(9-12-23)21-19(25)18-16-7-5-6-10-24(16)17(22-18)13-14(2)3/h5-7,10,14-15H,4,8-9,11-13H2,1-3H3,(H,21,25). The Bertz CT molecular complexity index is 807. The number of ether oxygens (including phenoxy) is 1. The largest absolute Gasteiger partial charge is 0.450 e. The lowest BCUT2D eigenvalue weighted by atomic mass is 10.1. The second-order valence-corrected chi connectivity index (χ2v) is 7.36. The van der Waals surface area contributed by atoms with Crippen molar-refractivity contribution < 1.29 is 14.3 Å². The first-order valence-electron chi connectivity index (χ1n) is 9.68. The Morgan fingerprint density at radius 2 is 2.04 bits per heavy atom. The molecule has 7 nitrogen and oxygen atoms in total. The van der Waals surface area contributed by atoms with Gasteiger partial charge in [0.25, 0.3) is 5.91 Å². The van der Waals surface area contributed by atoms with E-state index in [1.807, 2.05) is 28.8 Å². The fraction of sp³-hybridized carbons (Fsp3) is 0.550. The number of piperidine rings is 1. The van der Waals surface area contributed by atoms with Gasteiger partial charge in [0.2, 0.25) is 0 Å². The van der Waals surface area contributed by atoms with Gasteiger partial charge < -0.3 is 19.4 Å². The quantitative estimate of drug-likeness (QED) is 0.876. The smallest absolute Gasteiger partial charge is 0.409 e. The van der Waals surface area contributed by atoms with Crippen LogP contribution in [0.3, 0.4) is 0 Å². The number of imidazole rings is 1. The zero-order valence-electron chi connectivity index (χ0n) is 16.3. The van der Waals surface area contributed by atoms with Crippen LogP contribution >= 0.6 is 0 Å². The van der Waals surface area contributed by atoms with Gasteiger partial charge >= 0.3 is 6.09 Å². The third kappa shape index (κ3) is 4.40. The lowest BCUT2D eigenvalue weighted by molar-refractivity contribution is 0.0858. The highest BCUT2D eigenvalue weighted by Gasteiger charge is 2.26. The van der Waals surface area contributed by atoms with Gasteiger partial charge in [0.05, 0.1) is 12.1 Å². The van der Waals surface area contributed by atoms with E-state index in [0.29, 0.717) is 31.3 Å². The molecule has 0 atom stereocenters. The number of nitrogens with one attached hydrogen (secondary N) is 1. The van der Waals surface area contributed by atoms with E-state index < -0.39 is 0 Å². The predicted molar refractivity (Wildman–Crippen MR) is 103 cm³/mol. The molecule has 3 heterocycles. The Labute approximate surface area is 159 Å². The number of hydrogen-bond donors (Lipinski definition) is 1. The monoisotopic (exact) mass is 372 g/mol. The van der Waals surface area contributed by atoms with Crippen LogP contribution in [0.2, 0.25) is 0 Å². The van der Waals surface area contributed by atoms with Gasteiger partial charge in [0.1, 0.15) is 5.82 Å². The number of hydrogen-bond acceptors (Lipinski definition) is 4. The van der Waals surface area contributed by atoms with Crippen LogP contribution in [-0.2, 0) is 11.2 Å². The molecule has 2 amide bonds. The van der Waals surface area contributed by atoms with Crippen LogP contribution in [0.25, 0.3) is 5.52 Å². The summed E-state index contributed by atoms with van der Waals surface area (Å²) in [5.41, 5.74) is 1.30. The summed E-state index contributed by atoms with van der Waals surface area (Å²) < 4.78 is 7.03. The van der Waals surface area contributed by atoms with E-state index in [1.165, 1.54) is 0 Å². The Morgan fingerprint density at radius 1 is 1.30 bits per heavy atom. The maximum absolute atomic E-state index is 12.9. The number of likely N-dealkylation sites (tertiary alicyclic amines) is 1. The second-order valence-electron chi connectivity index (χ2n) is 7.36. The summed E-state index contributed by atoms with van der Waals surface area (Å²) in [4.78, 5) is 31.0. The molecule has 1 saturated heterocycles. The predicted octanol–water partition coefficient (Wildman–Crippen LogP) is 2.88. The number of rotatable bonds is 5. The molecular formula is C20H28N4O3. The van der Waals surface area contributed by atoms with E-state index in [0.717, 1.165) is 30.6 Å². The van der Waals surface area contributed by atoms with E-state index in [4.69, 9.17) is 4.74 Å². The molecule has 7 heteroatoms. The molecule has 1 aliphatic rings. The van der Waals surface area contributed by atoms with Crippen LogP contribution in [0, 0.1) is 5.92 Å². The minimum atomic E-state index is -0.277. The minimum Gasteiger partial charge on any atom is -0.450 e. The normalized spacial score (nSPS) is 15.3. The lowest BCUT2D eigenvalue weighted by Gasteiger charge is -2.31. The molecule has 0 bridgehead atoms. The fourth-order valence-corrected chi connectivity index (χ4v) is 3.45. The molecule has 0 spiro atoms. The summed E-state index contributed by atoms with van der Waals surface area (Å²) in [5, 5.41) is 3.09. The summed E-state index contributed by atoms with van der Waals surface area (Å²) in [5.74, 6) is 1.21. The summed E-state index contributed by atoms with van der Waals surface area (Å²) in [6.07, 6.45) is 3.93. The van der Waals surface area contributed by atoms with E-state index in [2.05, 4.69) is 24.1 Å². The molecule has 0 saturated carbocycles. The summed E-state index contributed by atoms with van der Waals surface area (Å²) >= 11 is 0. The van der Waals surface area contributed by atoms with Crippen LogP contribution in [0.5, 0.6) is 0 Å². The van der Waals surface area contributed by atoms with Crippen LogP contribution < -0.4 is 5.32 Å². The summed E-state index contributed by atoms with van der Waals surface area (Å²) in [6.45, 7) is 7.63. The third-order valence-corrected chi connectivity index (χ3v) is 4.78. The van der Waals surface area contributed by atoms with Crippen molar-refractivity contribution >= 4 is 17.5 Å². The summed E-state index contributed by atoms with van der Waals surface area (Å²) in [7, 11) is 0. The van der Waals surface area contributed by atoms with E-state index in [1.54, 1.807) is 11.8 Å². The van der Waals surface area contributed by atoms with Crippen molar-refractivity contribution in [3.8, 4) is 0 Å². The molecule has 27 heavy (non-hydrogen) atoms. The zero-order valence-corrected chi connectivity index (χ0v) is 16.3. The van der Waals surface area contributed by atoms with Crippen LogP contribution in [0.4, 0.5) is 4.79 Å². The lowest BCUT2D eigenvalue weighted by Crippen LogP contribution is -2.46. The molecule has 2 aromatic rings. The fourth-order valence-electron chi connectivity index (χ4n) is 3.45. The molecule has 1 N–H and O–H groups in total. The van der Waals surface area contributed by atoms with Gasteiger partial charge in [-0.15, -0.1) is 0 Å². The Morgan fingerprint density at radius 3 is 2.70 bits per heavy atom. The van der Waals surface area contributed by atoms with Crippen LogP contribution in [-0.4, -0.2) is 52.0 Å². The Kier molecular flexibility index (Phi) is 5.98. The molecule has 0 aromatic carbocycles. The third-order valence-electron chi connectivity index (χ3n) is 4.78. The van der Waals surface area contributed by atoms with E-state index >= 15 is 0 Å². The average Bonchev–Trinajstić information content (AvgIpc) is 3.01. The first-order valence-corrected chi connectivity index (χ1v) is 9.68. The topological polar surface area (TPSA) is 75.9 Å². The van der Waals surface area contributed by atoms with Crippen LogP contribution in [0.15, 0.2) is 24.4 Å². The zero-order chi connectivity index (χ0) is 19.4. The van der Waals surface area contributed by atoms with Crippen LogP contribution in [0.1, 0.15) is 49.9 Å². The van der Waals surface area contributed by atoms with Gasteiger partial charge in [-0.05, 0) is 37.8 Å². The molecule has 1 fully saturated rings. The number of nitrogens with zero attached hydrogens (tertiary/aromatic N) is 3. The van der Waals surface area contributed by atoms with Crippen molar-refractivity contribution in [2.45, 2.75) is 46.1 Å². The van der Waals surface area contributed by atoms with Gasteiger partial charge in [0, 0.05) is 31.7 Å². The van der Waals surface area contributed by atoms with Crippen molar-refractivity contribution in [3.63, 3.8) is 0 Å². The molecule has 2 aromatic heterocycles. The molecule has 146 valence electrons. The van der Waals surface area contributed by atoms with Crippen molar-refractivity contribution in [1.29, 1.82) is 0 Å². The molecule has 0 aliphatic carbocycles. The molecular weight excluding hydrogens is 344 g/mol. The van der Waals surface area contributed by atoms with Gasteiger partial charge in [-0.2, -0.15) is 0 Å². The number of pyridine rings is 1. The number of carbonyl (C=O) groups excluding carboxylic acids is 2. The van der Waals surface area contributed by atoms with Gasteiger partial charge in [-0.25, -0.2) is 9.78 Å². The molecule has 0 unspecified atom stereocenters. The molecule has 0 radical (unpaired) electrons. The van der Waals surface area contributed by atoms with Gasteiger partial charge in [-0.1, -0.05) is 19.9 Å². The van der Waals surface area contributed by atoms with Crippen molar-refractivity contribution in [3.05, 3.63) is 35.9 Å². The molecule has 1 aliphatic heterocycles. The highest BCUT2D eigenvalue weighted by molar-refractivity contribution is 5.99. The SMILES string of the molecule is CCOC(=O)N1CCC(NC(=O)c2nc(CC(C)C)n3ccccc23)CC1. The Hall–Kier alpha value is -2.57. The highest BCUT2D eigenvalue weighted by atomic mass is 16.6. The number of fused-ring (bicyclic) bond motifs is 1. The number of aromatic nitrogens is 2. The number of carbonyl (C=O) groups is 2. The summed E-state index contributed by atoms with van der Waals surface area (Å²) in [6, 6.07) is 5.84. The van der Waals surface area contributed by atoms with E-state index in [9.17, 15) is 9.59 Å². The average molecular weight is 372 g/mol. The van der Waals surface area contributed by atoms with Gasteiger partial charge in [0.15, 0.2) is 5.69 Å². The Balaban J connectivity index is 1.68. The highest BCUT2D eigenvalue weighted by Crippen LogP contribution is 2.17.